The molecule has 104 valence electrons. The van der Waals surface area contributed by atoms with Gasteiger partial charge in [0.2, 0.25) is 0 Å². The first-order chi connectivity index (χ1) is 8.74. The molecule has 0 aromatic rings. The molecule has 18 heavy (non-hydrogen) atoms. The Kier molecular flexibility index (Phi) is 3.92. The van der Waals surface area contributed by atoms with E-state index in [1.165, 1.54) is 58.5 Å². The number of rotatable bonds is 2. The Morgan fingerprint density at radius 1 is 0.833 bits per heavy atom. The SMILES string of the molecule is CC1CCC(N2CC(N3CCNCC3)C2)CC1C. The van der Waals surface area contributed by atoms with E-state index in [0.717, 1.165) is 23.9 Å². The average Bonchev–Trinajstić information content (AvgIpc) is 2.33. The number of likely N-dealkylation sites (tertiary alicyclic amines) is 1. The Hall–Kier alpha value is -0.120. The van der Waals surface area contributed by atoms with E-state index in [2.05, 4.69) is 29.0 Å². The van der Waals surface area contributed by atoms with Crippen LogP contribution in [0.25, 0.3) is 0 Å². The zero-order valence-electron chi connectivity index (χ0n) is 12.1. The second-order valence-electron chi connectivity index (χ2n) is 6.82. The Labute approximate surface area is 112 Å². The Morgan fingerprint density at radius 2 is 1.56 bits per heavy atom. The third-order valence-electron chi connectivity index (χ3n) is 5.65. The van der Waals surface area contributed by atoms with Crippen molar-refractivity contribution in [2.45, 2.75) is 45.2 Å². The molecule has 3 unspecified atom stereocenters. The first-order valence-corrected chi connectivity index (χ1v) is 7.93. The highest BCUT2D eigenvalue weighted by molar-refractivity contribution is 4.94. The average molecular weight is 251 g/mol. The lowest BCUT2D eigenvalue weighted by atomic mass is 9.77. The van der Waals surface area contributed by atoms with Gasteiger partial charge in [0.25, 0.3) is 0 Å². The van der Waals surface area contributed by atoms with Crippen molar-refractivity contribution in [3.05, 3.63) is 0 Å². The molecule has 1 saturated carbocycles. The van der Waals surface area contributed by atoms with Crippen LogP contribution < -0.4 is 5.32 Å². The number of hydrogen-bond donors (Lipinski definition) is 1. The maximum atomic E-state index is 3.45. The number of nitrogens with zero attached hydrogens (tertiary/aromatic N) is 2. The van der Waals surface area contributed by atoms with E-state index in [4.69, 9.17) is 0 Å². The highest BCUT2D eigenvalue weighted by atomic mass is 15.3. The molecule has 0 aromatic heterocycles. The summed E-state index contributed by atoms with van der Waals surface area (Å²) < 4.78 is 0. The summed E-state index contributed by atoms with van der Waals surface area (Å²) in [4.78, 5) is 5.46. The molecule has 3 fully saturated rings. The van der Waals surface area contributed by atoms with Gasteiger partial charge in [-0.25, -0.2) is 0 Å². The summed E-state index contributed by atoms with van der Waals surface area (Å²) in [7, 11) is 0. The maximum Gasteiger partial charge on any atom is 0.0351 e. The van der Waals surface area contributed by atoms with E-state index in [-0.39, 0.29) is 0 Å². The van der Waals surface area contributed by atoms with Crippen molar-refractivity contribution >= 4 is 0 Å². The van der Waals surface area contributed by atoms with Gasteiger partial charge >= 0.3 is 0 Å². The van der Waals surface area contributed by atoms with Crippen LogP contribution in [-0.4, -0.2) is 61.2 Å². The molecule has 2 saturated heterocycles. The first kappa shape index (κ1) is 12.9. The van der Waals surface area contributed by atoms with Gasteiger partial charge in [0.15, 0.2) is 0 Å². The van der Waals surface area contributed by atoms with E-state index in [9.17, 15) is 0 Å². The minimum atomic E-state index is 0.863. The zero-order chi connectivity index (χ0) is 12.5. The molecule has 3 heteroatoms. The molecular formula is C15H29N3. The summed E-state index contributed by atoms with van der Waals surface area (Å²) in [5, 5.41) is 3.45. The summed E-state index contributed by atoms with van der Waals surface area (Å²) in [6, 6.07) is 1.76. The summed E-state index contributed by atoms with van der Waals surface area (Å²) in [6.07, 6.45) is 4.33. The van der Waals surface area contributed by atoms with Gasteiger partial charge < -0.3 is 5.32 Å². The standard InChI is InChI=1S/C15H29N3/c1-12-3-4-14(9-13(12)2)18-10-15(11-18)17-7-5-16-6-8-17/h12-16H,3-11H2,1-2H3. The molecule has 3 nitrogen and oxygen atoms in total. The molecule has 0 bridgehead atoms. The fourth-order valence-electron chi connectivity index (χ4n) is 3.92. The van der Waals surface area contributed by atoms with Crippen molar-refractivity contribution in [1.29, 1.82) is 0 Å². The van der Waals surface area contributed by atoms with Crippen molar-refractivity contribution in [3.8, 4) is 0 Å². The van der Waals surface area contributed by atoms with Crippen LogP contribution in [0, 0.1) is 11.8 Å². The summed E-state index contributed by atoms with van der Waals surface area (Å²) in [6.45, 7) is 12.5. The molecule has 0 spiro atoms. The number of nitrogens with one attached hydrogen (secondary N) is 1. The molecule has 1 N–H and O–H groups in total. The molecule has 3 aliphatic rings. The van der Waals surface area contributed by atoms with Crippen LogP contribution in [0.3, 0.4) is 0 Å². The third kappa shape index (κ3) is 2.59. The van der Waals surface area contributed by atoms with Gasteiger partial charge in [0, 0.05) is 51.4 Å². The van der Waals surface area contributed by atoms with Crippen molar-refractivity contribution in [3.63, 3.8) is 0 Å². The molecule has 3 rings (SSSR count). The van der Waals surface area contributed by atoms with Gasteiger partial charge in [0.1, 0.15) is 0 Å². The van der Waals surface area contributed by atoms with Crippen molar-refractivity contribution in [2.75, 3.05) is 39.3 Å². The Balaban J connectivity index is 1.44. The van der Waals surface area contributed by atoms with Crippen LogP contribution in [0.1, 0.15) is 33.1 Å². The van der Waals surface area contributed by atoms with Crippen LogP contribution >= 0.6 is 0 Å². The minimum absolute atomic E-state index is 0.863. The van der Waals surface area contributed by atoms with Crippen molar-refractivity contribution in [1.82, 2.24) is 15.1 Å². The lowest BCUT2D eigenvalue weighted by Gasteiger charge is -2.51. The molecular weight excluding hydrogens is 222 g/mol. The van der Waals surface area contributed by atoms with Gasteiger partial charge in [-0.05, 0) is 31.1 Å². The molecule has 0 amide bonds. The smallest absolute Gasteiger partial charge is 0.0351 e. The van der Waals surface area contributed by atoms with Crippen LogP contribution in [-0.2, 0) is 0 Å². The summed E-state index contributed by atoms with van der Waals surface area (Å²) in [5.74, 6) is 1.88. The van der Waals surface area contributed by atoms with Gasteiger partial charge in [-0.2, -0.15) is 0 Å². The van der Waals surface area contributed by atoms with E-state index in [1.807, 2.05) is 0 Å². The fourth-order valence-corrected chi connectivity index (χ4v) is 3.92. The summed E-state index contributed by atoms with van der Waals surface area (Å²) >= 11 is 0. The lowest BCUT2D eigenvalue weighted by Crippen LogP contribution is -2.65. The van der Waals surface area contributed by atoms with E-state index in [1.54, 1.807) is 0 Å². The van der Waals surface area contributed by atoms with Gasteiger partial charge in [-0.3, -0.25) is 9.80 Å². The predicted molar refractivity (Wildman–Crippen MR) is 75.8 cm³/mol. The Bertz CT molecular complexity index is 269. The van der Waals surface area contributed by atoms with E-state index >= 15 is 0 Å². The first-order valence-electron chi connectivity index (χ1n) is 7.93. The monoisotopic (exact) mass is 251 g/mol. The fraction of sp³-hybridized carbons (Fsp3) is 1.00. The normalized spacial score (nSPS) is 40.7. The number of piperazine rings is 1. The number of hydrogen-bond acceptors (Lipinski definition) is 3. The highest BCUT2D eigenvalue weighted by Gasteiger charge is 2.38. The Morgan fingerprint density at radius 3 is 2.22 bits per heavy atom. The molecule has 0 radical (unpaired) electrons. The summed E-state index contributed by atoms with van der Waals surface area (Å²) in [5.41, 5.74) is 0. The maximum absolute atomic E-state index is 3.45. The largest absolute Gasteiger partial charge is 0.314 e. The predicted octanol–water partition coefficient (Wildman–Crippen LogP) is 1.40. The second kappa shape index (κ2) is 5.48. The van der Waals surface area contributed by atoms with Crippen LogP contribution in [0.4, 0.5) is 0 Å². The van der Waals surface area contributed by atoms with Crippen molar-refractivity contribution in [2.24, 2.45) is 11.8 Å². The highest BCUT2D eigenvalue weighted by Crippen LogP contribution is 2.34. The molecule has 3 atom stereocenters. The third-order valence-corrected chi connectivity index (χ3v) is 5.65. The van der Waals surface area contributed by atoms with Gasteiger partial charge in [0.05, 0.1) is 0 Å². The zero-order valence-corrected chi connectivity index (χ0v) is 12.1. The second-order valence-corrected chi connectivity index (χ2v) is 6.82. The lowest BCUT2D eigenvalue weighted by molar-refractivity contribution is -0.0208. The topological polar surface area (TPSA) is 18.5 Å². The van der Waals surface area contributed by atoms with Crippen LogP contribution in [0.15, 0.2) is 0 Å². The molecule has 2 aliphatic heterocycles. The van der Waals surface area contributed by atoms with E-state index in [0.29, 0.717) is 0 Å². The van der Waals surface area contributed by atoms with Crippen molar-refractivity contribution < 1.29 is 0 Å². The molecule has 1 aliphatic carbocycles. The van der Waals surface area contributed by atoms with Gasteiger partial charge in [-0.1, -0.05) is 13.8 Å². The van der Waals surface area contributed by atoms with Crippen LogP contribution in [0.5, 0.6) is 0 Å². The molecule has 2 heterocycles. The van der Waals surface area contributed by atoms with Crippen LogP contribution in [0.2, 0.25) is 0 Å². The van der Waals surface area contributed by atoms with E-state index < -0.39 is 0 Å². The quantitative estimate of drug-likeness (QED) is 0.800. The minimum Gasteiger partial charge on any atom is -0.314 e. The molecule has 0 aromatic carbocycles. The van der Waals surface area contributed by atoms with Gasteiger partial charge in [-0.15, -0.1) is 0 Å².